The van der Waals surface area contributed by atoms with Crippen molar-refractivity contribution >= 4 is 5.97 Å². The van der Waals surface area contributed by atoms with Gasteiger partial charge in [-0.15, -0.1) is 0 Å². The molecule has 2 atom stereocenters. The molecule has 2 unspecified atom stereocenters. The Morgan fingerprint density at radius 3 is 2.38 bits per heavy atom. The van der Waals surface area contributed by atoms with E-state index >= 15 is 0 Å². The van der Waals surface area contributed by atoms with Crippen LogP contribution in [0.15, 0.2) is 24.5 Å². The largest absolute Gasteiger partial charge is 0.550 e. The number of pyridine rings is 1. The lowest BCUT2D eigenvalue weighted by Crippen LogP contribution is -2.42. The predicted octanol–water partition coefficient (Wildman–Crippen LogP) is 0.874. The highest BCUT2D eigenvalue weighted by atomic mass is 16.4. The third kappa shape index (κ3) is 3.33. The molecule has 0 aliphatic heterocycles. The molecule has 1 aromatic heterocycles. The Labute approximate surface area is 96.7 Å². The molecule has 1 aromatic rings. The van der Waals surface area contributed by atoms with Crippen LogP contribution < -0.4 is 9.67 Å². The number of hydrogen-bond donors (Lipinski definition) is 0. The lowest BCUT2D eigenvalue weighted by molar-refractivity contribution is -0.701. The molecule has 1 rings (SSSR count). The van der Waals surface area contributed by atoms with Crippen LogP contribution in [0.25, 0.3) is 0 Å². The third-order valence-electron chi connectivity index (χ3n) is 2.99. The van der Waals surface area contributed by atoms with E-state index in [4.69, 9.17) is 0 Å². The van der Waals surface area contributed by atoms with Crippen molar-refractivity contribution in [1.29, 1.82) is 0 Å². The molecule has 0 bridgehead atoms. The molecule has 0 N–H and O–H groups in total. The minimum Gasteiger partial charge on any atom is -0.550 e. The summed E-state index contributed by atoms with van der Waals surface area (Å²) >= 11 is 0. The van der Waals surface area contributed by atoms with Crippen LogP contribution in [0.2, 0.25) is 0 Å². The van der Waals surface area contributed by atoms with Crippen LogP contribution >= 0.6 is 0 Å². The van der Waals surface area contributed by atoms with Crippen molar-refractivity contribution in [2.45, 2.75) is 39.7 Å². The lowest BCUT2D eigenvalue weighted by Gasteiger charge is -2.10. The van der Waals surface area contributed by atoms with Crippen molar-refractivity contribution in [1.82, 2.24) is 0 Å². The number of carbonyl (C=O) groups excluding carboxylic acids is 1. The highest BCUT2D eigenvalue weighted by Gasteiger charge is 2.10. The van der Waals surface area contributed by atoms with Crippen LogP contribution in [0.5, 0.6) is 0 Å². The molecule has 0 saturated heterocycles. The number of hydrogen-bond acceptors (Lipinski definition) is 2. The summed E-state index contributed by atoms with van der Waals surface area (Å²) in [6, 6.07) is 4.10. The fourth-order valence-electron chi connectivity index (χ4n) is 1.55. The van der Waals surface area contributed by atoms with Crippen LogP contribution in [0.1, 0.15) is 38.7 Å². The van der Waals surface area contributed by atoms with Crippen LogP contribution in [-0.4, -0.2) is 5.97 Å². The average Bonchev–Trinajstić information content (AvgIpc) is 2.28. The maximum absolute atomic E-state index is 10.6. The molecule has 16 heavy (non-hydrogen) atoms. The number of rotatable bonds is 5. The van der Waals surface area contributed by atoms with Crippen LogP contribution in [0, 0.1) is 5.92 Å². The molecule has 0 radical (unpaired) electrons. The van der Waals surface area contributed by atoms with Gasteiger partial charge in [-0.3, -0.25) is 0 Å². The van der Waals surface area contributed by atoms with Gasteiger partial charge < -0.3 is 9.90 Å². The molecule has 3 nitrogen and oxygen atoms in total. The van der Waals surface area contributed by atoms with Gasteiger partial charge in [-0.25, -0.2) is 4.57 Å². The highest BCUT2D eigenvalue weighted by Crippen LogP contribution is 2.16. The van der Waals surface area contributed by atoms with Gasteiger partial charge >= 0.3 is 0 Å². The fourth-order valence-corrected chi connectivity index (χ4v) is 1.55. The molecule has 0 aromatic carbocycles. The summed E-state index contributed by atoms with van der Waals surface area (Å²) in [7, 11) is 0. The zero-order valence-corrected chi connectivity index (χ0v) is 10.1. The van der Waals surface area contributed by atoms with Gasteiger partial charge in [0.05, 0.1) is 11.9 Å². The Balaban J connectivity index is 2.68. The van der Waals surface area contributed by atoms with Gasteiger partial charge in [-0.05, 0) is 17.9 Å². The van der Waals surface area contributed by atoms with Crippen LogP contribution in [0.4, 0.5) is 0 Å². The highest BCUT2D eigenvalue weighted by molar-refractivity contribution is 5.66. The Morgan fingerprint density at radius 1 is 1.38 bits per heavy atom. The van der Waals surface area contributed by atoms with Gasteiger partial charge in [-0.1, -0.05) is 20.8 Å². The first-order chi connectivity index (χ1) is 7.54. The zero-order chi connectivity index (χ0) is 12.1. The van der Waals surface area contributed by atoms with Gasteiger partial charge in [-0.2, -0.15) is 0 Å². The van der Waals surface area contributed by atoms with Crippen molar-refractivity contribution in [3.05, 3.63) is 30.1 Å². The maximum Gasteiger partial charge on any atom is 0.169 e. The number of carbonyl (C=O) groups is 1. The van der Waals surface area contributed by atoms with E-state index < -0.39 is 11.9 Å². The minimum absolute atomic E-state index is 0.459. The van der Waals surface area contributed by atoms with E-state index in [0.717, 1.165) is 6.42 Å². The molecule has 1 heterocycles. The first kappa shape index (κ1) is 12.7. The third-order valence-corrected chi connectivity index (χ3v) is 2.99. The smallest absolute Gasteiger partial charge is 0.169 e. The number of carboxylic acids is 1. The summed E-state index contributed by atoms with van der Waals surface area (Å²) in [5.41, 5.74) is 1.29. The molecule has 0 amide bonds. The first-order valence-corrected chi connectivity index (χ1v) is 5.74. The first-order valence-electron chi connectivity index (χ1n) is 5.74. The topological polar surface area (TPSA) is 44.0 Å². The Bertz CT molecular complexity index is 345. The SMILES string of the molecule is CCC(C)c1cc[n+](CC(C)C(=O)[O-])cc1. The Kier molecular flexibility index (Phi) is 4.47. The summed E-state index contributed by atoms with van der Waals surface area (Å²) in [6.07, 6.45) is 4.97. The lowest BCUT2D eigenvalue weighted by atomic mass is 10.0. The summed E-state index contributed by atoms with van der Waals surface area (Å²) < 4.78 is 1.88. The molecular weight excluding hydrogens is 202 g/mol. The molecule has 0 saturated carbocycles. The maximum atomic E-state index is 10.6. The van der Waals surface area contributed by atoms with Crippen LogP contribution in [0.3, 0.4) is 0 Å². The molecule has 3 heteroatoms. The normalized spacial score (nSPS) is 14.4. The predicted molar refractivity (Wildman–Crippen MR) is 59.5 cm³/mol. The van der Waals surface area contributed by atoms with Crippen LogP contribution in [-0.2, 0) is 11.3 Å². The number of aromatic nitrogens is 1. The monoisotopic (exact) mass is 221 g/mol. The van der Waals surface area contributed by atoms with E-state index in [9.17, 15) is 9.90 Å². The second kappa shape index (κ2) is 5.64. The van der Waals surface area contributed by atoms with Crippen molar-refractivity contribution in [3.8, 4) is 0 Å². The average molecular weight is 221 g/mol. The number of aliphatic carboxylic acids is 1. The van der Waals surface area contributed by atoms with Gasteiger partial charge in [0.25, 0.3) is 0 Å². The number of nitrogens with zero attached hydrogens (tertiary/aromatic N) is 1. The van der Waals surface area contributed by atoms with E-state index in [2.05, 4.69) is 26.0 Å². The molecule has 0 spiro atoms. The number of carboxylic acid groups (broad SMARTS) is 1. The van der Waals surface area contributed by atoms with Gasteiger partial charge in [0.15, 0.2) is 18.9 Å². The van der Waals surface area contributed by atoms with Crippen molar-refractivity contribution in [2.24, 2.45) is 5.92 Å². The molecule has 0 fully saturated rings. The minimum atomic E-state index is -1.00. The van der Waals surface area contributed by atoms with Gasteiger partial charge in [0, 0.05) is 12.1 Å². The van der Waals surface area contributed by atoms with Crippen molar-refractivity contribution in [2.75, 3.05) is 0 Å². The van der Waals surface area contributed by atoms with Crippen molar-refractivity contribution < 1.29 is 14.5 Å². The van der Waals surface area contributed by atoms with Gasteiger partial charge in [0.2, 0.25) is 0 Å². The van der Waals surface area contributed by atoms with E-state index in [1.807, 2.05) is 17.0 Å². The van der Waals surface area contributed by atoms with Gasteiger partial charge in [0.1, 0.15) is 0 Å². The van der Waals surface area contributed by atoms with E-state index in [1.54, 1.807) is 6.92 Å². The van der Waals surface area contributed by atoms with E-state index in [1.165, 1.54) is 5.56 Å². The quantitative estimate of drug-likeness (QED) is 0.693. The molecule has 0 aliphatic carbocycles. The second-order valence-corrected chi connectivity index (χ2v) is 4.36. The summed E-state index contributed by atoms with van der Waals surface area (Å²) in [6.45, 7) is 6.46. The second-order valence-electron chi connectivity index (χ2n) is 4.36. The molecule has 0 aliphatic rings. The van der Waals surface area contributed by atoms with Crippen molar-refractivity contribution in [3.63, 3.8) is 0 Å². The molecule has 88 valence electrons. The zero-order valence-electron chi connectivity index (χ0n) is 10.1. The molecular formula is C13H19NO2. The van der Waals surface area contributed by atoms with E-state index in [0.29, 0.717) is 12.5 Å². The van der Waals surface area contributed by atoms with E-state index in [-0.39, 0.29) is 0 Å². The Hall–Kier alpha value is -1.38. The fraction of sp³-hybridized carbons (Fsp3) is 0.538. The standard InChI is InChI=1S/C13H19NO2/c1-4-10(2)12-5-7-14(8-6-12)9-11(3)13(15)16/h5-8,10-11H,4,9H2,1-3H3. The summed E-state index contributed by atoms with van der Waals surface area (Å²) in [5.74, 6) is -0.911. The summed E-state index contributed by atoms with van der Waals surface area (Å²) in [5, 5.41) is 10.6. The summed E-state index contributed by atoms with van der Waals surface area (Å²) in [4.78, 5) is 10.6. The Morgan fingerprint density at radius 2 is 1.94 bits per heavy atom.